The second-order valence-electron chi connectivity index (χ2n) is 7.93. The van der Waals surface area contributed by atoms with E-state index in [1.807, 2.05) is 75.4 Å². The van der Waals surface area contributed by atoms with Gasteiger partial charge in [0.1, 0.15) is 6.61 Å². The Morgan fingerprint density at radius 1 is 1.00 bits per heavy atom. The highest BCUT2D eigenvalue weighted by atomic mass is 16.6. The number of oxime groups is 1. The van der Waals surface area contributed by atoms with Gasteiger partial charge >= 0.3 is 0 Å². The van der Waals surface area contributed by atoms with Gasteiger partial charge in [0, 0.05) is 11.3 Å². The first kappa shape index (κ1) is 23.9. The number of anilines is 1. The molecule has 0 fully saturated rings. The highest BCUT2D eigenvalue weighted by Gasteiger charge is 2.16. The van der Waals surface area contributed by atoms with Crippen LogP contribution in [-0.2, 0) is 16.2 Å². The summed E-state index contributed by atoms with van der Waals surface area (Å²) >= 11 is 0. The summed E-state index contributed by atoms with van der Waals surface area (Å²) in [6, 6.07) is 19.5. The lowest BCUT2D eigenvalue weighted by molar-refractivity contribution is -0.126. The summed E-state index contributed by atoms with van der Waals surface area (Å²) < 4.78 is 11.3. The van der Waals surface area contributed by atoms with E-state index >= 15 is 0 Å². The van der Waals surface area contributed by atoms with Gasteiger partial charge in [0.25, 0.3) is 5.91 Å². The van der Waals surface area contributed by atoms with Gasteiger partial charge in [-0.3, -0.25) is 4.79 Å². The van der Waals surface area contributed by atoms with Crippen LogP contribution in [0.2, 0.25) is 0 Å². The molecule has 3 rings (SSSR count). The average molecular weight is 447 g/mol. The molecule has 172 valence electrons. The predicted octanol–water partition coefficient (Wildman–Crippen LogP) is 5.58. The number of amides is 1. The van der Waals surface area contributed by atoms with E-state index in [1.165, 1.54) is 6.21 Å². The summed E-state index contributed by atoms with van der Waals surface area (Å²) in [6.45, 7) is 8.08. The smallest absolute Gasteiger partial charge is 0.268 e. The van der Waals surface area contributed by atoms with E-state index in [2.05, 4.69) is 10.5 Å². The maximum atomic E-state index is 12.5. The molecule has 3 aromatic rings. The Bertz CT molecular complexity index is 1100. The third-order valence-electron chi connectivity index (χ3n) is 5.14. The molecule has 6 nitrogen and oxygen atoms in total. The second-order valence-corrected chi connectivity index (χ2v) is 7.93. The molecule has 3 aromatic carbocycles. The van der Waals surface area contributed by atoms with Crippen LogP contribution in [0.3, 0.4) is 0 Å². The normalized spacial score (nSPS) is 11.8. The van der Waals surface area contributed by atoms with Crippen molar-refractivity contribution in [3.63, 3.8) is 0 Å². The maximum absolute atomic E-state index is 12.5. The third-order valence-corrected chi connectivity index (χ3v) is 5.14. The zero-order valence-corrected chi connectivity index (χ0v) is 19.7. The molecular weight excluding hydrogens is 416 g/mol. The molecule has 0 bridgehead atoms. The Labute approximate surface area is 195 Å². The van der Waals surface area contributed by atoms with Crippen molar-refractivity contribution in [2.75, 3.05) is 12.4 Å². The molecule has 0 heterocycles. The summed E-state index contributed by atoms with van der Waals surface area (Å²) in [4.78, 5) is 17.9. The largest absolute Gasteiger partial charge is 0.493 e. The van der Waals surface area contributed by atoms with Crippen molar-refractivity contribution in [3.8, 4) is 11.5 Å². The molecular formula is C27H30N2O4. The molecule has 0 aromatic heterocycles. The van der Waals surface area contributed by atoms with Gasteiger partial charge in [-0.05, 0) is 62.6 Å². The first-order chi connectivity index (χ1) is 15.9. The number of nitrogens with zero attached hydrogens (tertiary/aromatic N) is 1. The molecule has 6 heteroatoms. The van der Waals surface area contributed by atoms with Crippen LogP contribution in [0.4, 0.5) is 5.69 Å². The van der Waals surface area contributed by atoms with E-state index in [9.17, 15) is 4.79 Å². The van der Waals surface area contributed by atoms with Crippen LogP contribution in [0.25, 0.3) is 0 Å². The van der Waals surface area contributed by atoms with Gasteiger partial charge in [0.15, 0.2) is 11.5 Å². The van der Waals surface area contributed by atoms with Gasteiger partial charge in [-0.1, -0.05) is 53.2 Å². The summed E-state index contributed by atoms with van der Waals surface area (Å²) in [7, 11) is 1.59. The fourth-order valence-corrected chi connectivity index (χ4v) is 3.45. The number of aryl methyl sites for hydroxylation is 3. The Hall–Kier alpha value is -3.80. The Morgan fingerprint density at radius 3 is 2.36 bits per heavy atom. The van der Waals surface area contributed by atoms with Crippen molar-refractivity contribution in [1.82, 2.24) is 0 Å². The molecule has 0 spiro atoms. The first-order valence-corrected chi connectivity index (χ1v) is 10.8. The molecule has 33 heavy (non-hydrogen) atoms. The fourth-order valence-electron chi connectivity index (χ4n) is 3.45. The molecule has 1 atom stereocenters. The van der Waals surface area contributed by atoms with Gasteiger partial charge in [0.05, 0.1) is 13.3 Å². The number of rotatable bonds is 9. The van der Waals surface area contributed by atoms with E-state index in [1.54, 1.807) is 20.1 Å². The summed E-state index contributed by atoms with van der Waals surface area (Å²) in [5.74, 6) is 0.964. The van der Waals surface area contributed by atoms with E-state index in [4.69, 9.17) is 14.3 Å². The van der Waals surface area contributed by atoms with Gasteiger partial charge < -0.3 is 19.6 Å². The number of carbonyl (C=O) groups excluding carboxylic acids is 1. The lowest BCUT2D eigenvalue weighted by Crippen LogP contribution is -2.27. The molecule has 1 amide bonds. The Kier molecular flexibility index (Phi) is 8.08. The number of nitrogens with one attached hydrogen (secondary N) is 1. The number of hydrogen-bond acceptors (Lipinski definition) is 5. The third kappa shape index (κ3) is 6.59. The van der Waals surface area contributed by atoms with Gasteiger partial charge in [-0.25, -0.2) is 0 Å². The highest BCUT2D eigenvalue weighted by Crippen LogP contribution is 2.28. The minimum atomic E-state index is -0.753. The molecule has 1 N–H and O–H groups in total. The quantitative estimate of drug-likeness (QED) is 0.344. The van der Waals surface area contributed by atoms with Crippen molar-refractivity contribution < 1.29 is 19.1 Å². The van der Waals surface area contributed by atoms with Crippen LogP contribution < -0.4 is 14.8 Å². The van der Waals surface area contributed by atoms with Gasteiger partial charge in [-0.2, -0.15) is 0 Å². The maximum Gasteiger partial charge on any atom is 0.268 e. The summed E-state index contributed by atoms with van der Waals surface area (Å²) in [5, 5.41) is 6.91. The molecule has 0 aliphatic heterocycles. The van der Waals surface area contributed by atoms with E-state index in [0.717, 1.165) is 33.5 Å². The zero-order chi connectivity index (χ0) is 23.8. The van der Waals surface area contributed by atoms with Crippen LogP contribution in [0.15, 0.2) is 65.8 Å². The van der Waals surface area contributed by atoms with Gasteiger partial charge in [0.2, 0.25) is 6.10 Å². The molecule has 1 unspecified atom stereocenters. The van der Waals surface area contributed by atoms with Crippen LogP contribution in [-0.4, -0.2) is 25.3 Å². The van der Waals surface area contributed by atoms with Crippen LogP contribution in [0.1, 0.15) is 34.7 Å². The average Bonchev–Trinajstić information content (AvgIpc) is 2.80. The number of hydrogen-bond donors (Lipinski definition) is 1. The SMILES string of the molecule is COc1cc(/C=N/OC(C)C(=O)Nc2c(C)cc(C)cc2C)ccc1OCc1ccccc1. The number of carbonyl (C=O) groups is 1. The van der Waals surface area contributed by atoms with Crippen molar-refractivity contribution >= 4 is 17.8 Å². The lowest BCUT2D eigenvalue weighted by atomic mass is 10.0. The van der Waals surface area contributed by atoms with Crippen LogP contribution in [0.5, 0.6) is 11.5 Å². The number of methoxy groups -OCH3 is 1. The van der Waals surface area contributed by atoms with Crippen molar-refractivity contribution in [3.05, 3.63) is 88.5 Å². The predicted molar refractivity (Wildman–Crippen MR) is 131 cm³/mol. The fraction of sp³-hybridized carbons (Fsp3) is 0.259. The minimum absolute atomic E-state index is 0.260. The van der Waals surface area contributed by atoms with E-state index < -0.39 is 6.10 Å². The van der Waals surface area contributed by atoms with Crippen LogP contribution in [0, 0.1) is 20.8 Å². The van der Waals surface area contributed by atoms with Crippen LogP contribution >= 0.6 is 0 Å². The Morgan fingerprint density at radius 2 is 1.70 bits per heavy atom. The van der Waals surface area contributed by atoms with E-state index in [-0.39, 0.29) is 5.91 Å². The topological polar surface area (TPSA) is 69.2 Å². The molecule has 0 radical (unpaired) electrons. The second kappa shape index (κ2) is 11.2. The van der Waals surface area contributed by atoms with Crippen molar-refractivity contribution in [1.29, 1.82) is 0 Å². The number of ether oxygens (including phenoxy) is 2. The standard InChI is InChI=1S/C27H30N2O4/c1-18-13-19(2)26(20(3)14-18)29-27(30)21(4)33-28-16-23-11-12-24(25(15-23)31-5)32-17-22-9-7-6-8-10-22/h6-16,21H,17H2,1-5H3,(H,29,30)/b28-16+. The summed E-state index contributed by atoms with van der Waals surface area (Å²) in [5.41, 5.74) is 5.82. The van der Waals surface area contributed by atoms with Crippen molar-refractivity contribution in [2.24, 2.45) is 5.16 Å². The molecule has 0 aliphatic rings. The zero-order valence-electron chi connectivity index (χ0n) is 19.7. The summed E-state index contributed by atoms with van der Waals surface area (Å²) in [6.07, 6.45) is 0.784. The highest BCUT2D eigenvalue weighted by molar-refractivity contribution is 5.95. The lowest BCUT2D eigenvalue weighted by Gasteiger charge is -2.15. The monoisotopic (exact) mass is 446 g/mol. The van der Waals surface area contributed by atoms with E-state index in [0.29, 0.717) is 18.1 Å². The number of benzene rings is 3. The Balaban J connectivity index is 1.58. The molecule has 0 saturated heterocycles. The van der Waals surface area contributed by atoms with Crippen molar-refractivity contribution in [2.45, 2.75) is 40.4 Å². The minimum Gasteiger partial charge on any atom is -0.493 e. The molecule has 0 saturated carbocycles. The molecule has 0 aliphatic carbocycles. The van der Waals surface area contributed by atoms with Gasteiger partial charge in [-0.15, -0.1) is 0 Å². The first-order valence-electron chi connectivity index (χ1n) is 10.8.